The van der Waals surface area contributed by atoms with Crippen LogP contribution >= 0.6 is 0 Å². The van der Waals surface area contributed by atoms with Crippen LogP contribution in [0.4, 0.5) is 0 Å². The van der Waals surface area contributed by atoms with Crippen molar-refractivity contribution in [3.8, 4) is 0 Å². The zero-order chi connectivity index (χ0) is 20.9. The van der Waals surface area contributed by atoms with Crippen LogP contribution in [0.3, 0.4) is 0 Å². The van der Waals surface area contributed by atoms with Crippen molar-refractivity contribution in [3.63, 3.8) is 0 Å². The summed E-state index contributed by atoms with van der Waals surface area (Å²) in [4.78, 5) is 24.2. The van der Waals surface area contributed by atoms with Gasteiger partial charge in [0, 0.05) is 12.6 Å². The van der Waals surface area contributed by atoms with Crippen LogP contribution in [0.2, 0.25) is 0 Å². The van der Waals surface area contributed by atoms with E-state index in [-0.39, 0.29) is 4.90 Å². The summed E-state index contributed by atoms with van der Waals surface area (Å²) in [5.74, 6) is -0.777. The molecule has 0 spiro atoms. The van der Waals surface area contributed by atoms with Crippen LogP contribution in [0.5, 0.6) is 0 Å². The van der Waals surface area contributed by atoms with E-state index >= 15 is 0 Å². The lowest BCUT2D eigenvalue weighted by Crippen LogP contribution is -2.46. The second-order valence-electron chi connectivity index (χ2n) is 6.85. The molecule has 150 valence electrons. The first kappa shape index (κ1) is 21.6. The molecule has 2 aromatic carbocycles. The topological polar surface area (TPSA) is 95.6 Å². The van der Waals surface area contributed by atoms with E-state index in [1.54, 1.807) is 24.3 Å². The van der Waals surface area contributed by atoms with Crippen molar-refractivity contribution in [1.82, 2.24) is 15.2 Å². The minimum atomic E-state index is -3.79. The summed E-state index contributed by atoms with van der Waals surface area (Å²) in [6.07, 6.45) is 0. The number of rotatable bonds is 6. The van der Waals surface area contributed by atoms with E-state index in [9.17, 15) is 18.0 Å². The number of hydrogen-bond donors (Lipinski definition) is 2. The number of hydrogen-bond acceptors (Lipinski definition) is 4. The highest BCUT2D eigenvalue weighted by Crippen LogP contribution is 2.15. The van der Waals surface area contributed by atoms with Crippen molar-refractivity contribution in [1.29, 1.82) is 0 Å². The summed E-state index contributed by atoms with van der Waals surface area (Å²) in [6, 6.07) is 13.4. The number of hydrazine groups is 1. The third kappa shape index (κ3) is 5.40. The molecule has 2 rings (SSSR count). The molecule has 0 saturated heterocycles. The molecule has 2 amide bonds. The van der Waals surface area contributed by atoms with Gasteiger partial charge in [-0.2, -0.15) is 4.31 Å². The van der Waals surface area contributed by atoms with Crippen molar-refractivity contribution in [3.05, 3.63) is 65.2 Å². The fourth-order valence-corrected chi connectivity index (χ4v) is 3.56. The second-order valence-corrected chi connectivity index (χ2v) is 8.90. The van der Waals surface area contributed by atoms with Crippen molar-refractivity contribution < 1.29 is 18.0 Å². The molecule has 0 aliphatic heterocycles. The Kier molecular flexibility index (Phi) is 6.93. The second kappa shape index (κ2) is 8.99. The molecule has 28 heavy (non-hydrogen) atoms. The van der Waals surface area contributed by atoms with Crippen LogP contribution in [0.1, 0.15) is 41.3 Å². The maximum Gasteiger partial charge on any atom is 0.269 e. The molecular formula is C20H25N3O4S. The molecule has 0 aliphatic carbocycles. The predicted octanol–water partition coefficient (Wildman–Crippen LogP) is 2.20. The summed E-state index contributed by atoms with van der Waals surface area (Å²) in [5.41, 5.74) is 6.96. The quantitative estimate of drug-likeness (QED) is 0.723. The van der Waals surface area contributed by atoms with Crippen LogP contribution in [0.15, 0.2) is 53.4 Å². The Hall–Kier alpha value is -2.71. The van der Waals surface area contributed by atoms with Gasteiger partial charge in [0.2, 0.25) is 10.0 Å². The average Bonchev–Trinajstić information content (AvgIpc) is 2.66. The zero-order valence-electron chi connectivity index (χ0n) is 16.4. The van der Waals surface area contributed by atoms with Gasteiger partial charge in [0.1, 0.15) is 0 Å². The molecular weight excluding hydrogens is 378 g/mol. The van der Waals surface area contributed by atoms with E-state index in [1.807, 2.05) is 19.1 Å². The van der Waals surface area contributed by atoms with Crippen molar-refractivity contribution in [2.75, 3.05) is 13.6 Å². The Balaban J connectivity index is 1.92. The van der Waals surface area contributed by atoms with Gasteiger partial charge >= 0.3 is 0 Å². The Morgan fingerprint density at radius 2 is 1.54 bits per heavy atom. The minimum Gasteiger partial charge on any atom is -0.272 e. The number of sulfonamides is 1. The maximum atomic E-state index is 12.5. The van der Waals surface area contributed by atoms with Crippen molar-refractivity contribution in [2.45, 2.75) is 31.6 Å². The van der Waals surface area contributed by atoms with E-state index in [0.717, 1.165) is 15.4 Å². The fraction of sp³-hybridized carbons (Fsp3) is 0.300. The SMILES string of the molecule is Cc1ccc(S(=O)(=O)N(C)CC(=O)NNC(=O)c2ccc(C(C)C)cc2)cc1. The lowest BCUT2D eigenvalue weighted by atomic mass is 10.0. The lowest BCUT2D eigenvalue weighted by Gasteiger charge is -2.17. The van der Waals surface area contributed by atoms with Gasteiger partial charge in [0.05, 0.1) is 11.4 Å². The molecule has 0 aromatic heterocycles. The molecule has 2 N–H and O–H groups in total. The molecule has 0 radical (unpaired) electrons. The highest BCUT2D eigenvalue weighted by Gasteiger charge is 2.23. The number of amides is 2. The Labute approximate surface area is 165 Å². The third-order valence-electron chi connectivity index (χ3n) is 4.25. The summed E-state index contributed by atoms with van der Waals surface area (Å²) in [6.45, 7) is 5.53. The predicted molar refractivity (Wildman–Crippen MR) is 107 cm³/mol. The number of likely N-dealkylation sites (N-methyl/N-ethyl adjacent to an activating group) is 1. The Bertz CT molecular complexity index is 936. The van der Waals surface area contributed by atoms with Gasteiger partial charge < -0.3 is 0 Å². The molecule has 2 aromatic rings. The molecule has 0 atom stereocenters. The van der Waals surface area contributed by atoms with Crippen molar-refractivity contribution >= 4 is 21.8 Å². The first-order valence-corrected chi connectivity index (χ1v) is 10.3. The minimum absolute atomic E-state index is 0.0997. The summed E-state index contributed by atoms with van der Waals surface area (Å²) < 4.78 is 25.9. The van der Waals surface area contributed by atoms with Crippen LogP contribution < -0.4 is 10.9 Å². The van der Waals surface area contributed by atoms with E-state index in [1.165, 1.54) is 19.2 Å². The summed E-state index contributed by atoms with van der Waals surface area (Å²) >= 11 is 0. The van der Waals surface area contributed by atoms with Gasteiger partial charge in [0.15, 0.2) is 0 Å². The maximum absolute atomic E-state index is 12.5. The number of carbonyl (C=O) groups is 2. The van der Waals surface area contributed by atoms with Gasteiger partial charge in [0.25, 0.3) is 11.8 Å². The van der Waals surface area contributed by atoms with Gasteiger partial charge in [-0.1, -0.05) is 43.7 Å². The van der Waals surface area contributed by atoms with Gasteiger partial charge in [-0.25, -0.2) is 8.42 Å². The van der Waals surface area contributed by atoms with Crippen LogP contribution in [0.25, 0.3) is 0 Å². The molecule has 0 heterocycles. The molecule has 0 fully saturated rings. The molecule has 0 bridgehead atoms. The highest BCUT2D eigenvalue weighted by atomic mass is 32.2. The monoisotopic (exact) mass is 403 g/mol. The number of benzene rings is 2. The van der Waals surface area contributed by atoms with E-state index in [2.05, 4.69) is 24.7 Å². The normalized spacial score (nSPS) is 11.5. The largest absolute Gasteiger partial charge is 0.272 e. The van der Waals surface area contributed by atoms with Gasteiger partial charge in [-0.3, -0.25) is 20.4 Å². The smallest absolute Gasteiger partial charge is 0.269 e. The summed E-state index contributed by atoms with van der Waals surface area (Å²) in [5, 5.41) is 0. The first-order valence-electron chi connectivity index (χ1n) is 8.83. The molecule has 0 saturated carbocycles. The van der Waals surface area contributed by atoms with Crippen LogP contribution in [-0.2, 0) is 14.8 Å². The zero-order valence-corrected chi connectivity index (χ0v) is 17.2. The lowest BCUT2D eigenvalue weighted by molar-refractivity contribution is -0.121. The van der Waals surface area contributed by atoms with E-state index in [0.29, 0.717) is 11.5 Å². The van der Waals surface area contributed by atoms with Gasteiger partial charge in [-0.05, 0) is 42.7 Å². The fourth-order valence-electron chi connectivity index (χ4n) is 2.43. The number of nitrogens with zero attached hydrogens (tertiary/aromatic N) is 1. The standard InChI is InChI=1S/C20H25N3O4S/c1-14(2)16-7-9-17(10-8-16)20(25)22-21-19(24)13-23(4)28(26,27)18-11-5-15(3)6-12-18/h5-12,14H,13H2,1-4H3,(H,21,24)(H,22,25). The first-order chi connectivity index (χ1) is 13.1. The molecule has 0 unspecified atom stereocenters. The Morgan fingerprint density at radius 3 is 2.07 bits per heavy atom. The summed E-state index contributed by atoms with van der Waals surface area (Å²) in [7, 11) is -2.49. The highest BCUT2D eigenvalue weighted by molar-refractivity contribution is 7.89. The third-order valence-corrected chi connectivity index (χ3v) is 6.07. The Morgan fingerprint density at radius 1 is 0.964 bits per heavy atom. The van der Waals surface area contributed by atoms with Crippen LogP contribution in [-0.4, -0.2) is 38.1 Å². The number of carbonyl (C=O) groups excluding carboxylic acids is 2. The molecule has 0 aliphatic rings. The van der Waals surface area contributed by atoms with E-state index < -0.39 is 28.4 Å². The van der Waals surface area contributed by atoms with Crippen molar-refractivity contribution in [2.24, 2.45) is 0 Å². The van der Waals surface area contributed by atoms with E-state index in [4.69, 9.17) is 0 Å². The average molecular weight is 404 g/mol. The molecule has 8 heteroatoms. The number of nitrogens with one attached hydrogen (secondary N) is 2. The van der Waals surface area contributed by atoms with Gasteiger partial charge in [-0.15, -0.1) is 0 Å². The number of aryl methyl sites for hydroxylation is 1. The van der Waals surface area contributed by atoms with Crippen LogP contribution in [0, 0.1) is 6.92 Å². The molecule has 7 nitrogen and oxygen atoms in total.